The Morgan fingerprint density at radius 1 is 0.391 bits per heavy atom. The van der Waals surface area contributed by atoms with Crippen LogP contribution in [0, 0.1) is 5.92 Å². The fraction of sp³-hybridized carbons (Fsp3) is 0.145. The summed E-state index contributed by atoms with van der Waals surface area (Å²) in [7, 11) is 0. The Kier molecular flexibility index (Phi) is 7.81. The Hall–Kier alpha value is -7.36. The molecule has 0 N–H and O–H groups in total. The van der Waals surface area contributed by atoms with Crippen LogP contribution in [-0.4, -0.2) is 50.4 Å². The molecule has 14 rings (SSSR count). The molecule has 0 amide bonds. The summed E-state index contributed by atoms with van der Waals surface area (Å²) in [4.78, 5) is 38.2. The first-order valence-corrected chi connectivity index (χ1v) is 23.1. The van der Waals surface area contributed by atoms with E-state index in [2.05, 4.69) is 157 Å². The van der Waals surface area contributed by atoms with Gasteiger partial charge < -0.3 is 0 Å². The molecule has 0 radical (unpaired) electrons. The SMILES string of the molecule is CC1CCC(SN2C3=NC(=NC4=NC(=NC5N=C(N=C6N=C2c2cc7ccccc7cc26)c2cc6ccccc6cc25)c2cc5ccccc5cc24)c2cc4ccccc4cc23)CC1. The van der Waals surface area contributed by atoms with Gasteiger partial charge in [0.15, 0.2) is 47.0 Å². The van der Waals surface area contributed by atoms with Crippen molar-refractivity contribution in [3.05, 3.63) is 190 Å². The maximum Gasteiger partial charge on any atom is 0.170 e. The summed E-state index contributed by atoms with van der Waals surface area (Å²) < 4.78 is 2.32. The van der Waals surface area contributed by atoms with Gasteiger partial charge in [0.05, 0.1) is 0 Å². The lowest BCUT2D eigenvalue weighted by atomic mass is 9.91. The van der Waals surface area contributed by atoms with Crippen molar-refractivity contribution in [2.24, 2.45) is 40.9 Å². The summed E-state index contributed by atoms with van der Waals surface area (Å²) in [5.74, 6) is 5.38. The minimum atomic E-state index is -0.582. The van der Waals surface area contributed by atoms with Gasteiger partial charge in [-0.1, -0.05) is 104 Å². The highest BCUT2D eigenvalue weighted by Crippen LogP contribution is 2.42. The molecular weight excluding hydrogens is 805 g/mol. The quantitative estimate of drug-likeness (QED) is 0.162. The topological polar surface area (TPSA) is 89.8 Å². The zero-order chi connectivity index (χ0) is 42.0. The van der Waals surface area contributed by atoms with Gasteiger partial charge in [0.2, 0.25) is 0 Å². The zero-order valence-corrected chi connectivity index (χ0v) is 35.7. The van der Waals surface area contributed by atoms with E-state index in [1.54, 1.807) is 0 Å². The van der Waals surface area contributed by atoms with E-state index in [4.69, 9.17) is 34.9 Å². The maximum atomic E-state index is 5.59. The normalized spacial score (nSPS) is 20.5. The third-order valence-electron chi connectivity index (χ3n) is 13.7. The fourth-order valence-corrected chi connectivity index (χ4v) is 11.5. The van der Waals surface area contributed by atoms with Crippen molar-refractivity contribution in [2.45, 2.75) is 44.0 Å². The Bertz CT molecular complexity index is 3640. The molecule has 5 heterocycles. The lowest BCUT2D eigenvalue weighted by Crippen LogP contribution is -2.34. The van der Waals surface area contributed by atoms with Crippen LogP contribution in [0.2, 0.25) is 0 Å². The fourth-order valence-electron chi connectivity index (χ4n) is 10.3. The van der Waals surface area contributed by atoms with Gasteiger partial charge in [-0.25, -0.2) is 39.3 Å². The van der Waals surface area contributed by atoms with Crippen LogP contribution in [0.15, 0.2) is 181 Å². The molecule has 0 spiro atoms. The first kappa shape index (κ1) is 36.2. The van der Waals surface area contributed by atoms with E-state index in [0.29, 0.717) is 40.3 Å². The van der Waals surface area contributed by atoms with Gasteiger partial charge in [-0.3, -0.25) is 0 Å². The van der Waals surface area contributed by atoms with Crippen LogP contribution in [0.4, 0.5) is 0 Å². The summed E-state index contributed by atoms with van der Waals surface area (Å²) in [6.07, 6.45) is 4.04. The number of hydrogen-bond donors (Lipinski definition) is 0. The van der Waals surface area contributed by atoms with E-state index in [0.717, 1.165) is 112 Å². The first-order valence-electron chi connectivity index (χ1n) is 22.2. The second-order valence-electron chi connectivity index (χ2n) is 17.8. The minimum Gasteiger partial charge on any atom is -0.250 e. The van der Waals surface area contributed by atoms with Gasteiger partial charge in [-0.05, 0) is 135 Å². The van der Waals surface area contributed by atoms with E-state index in [-0.39, 0.29) is 0 Å². The van der Waals surface area contributed by atoms with Crippen molar-refractivity contribution >= 4 is 95.9 Å². The molecule has 0 saturated heterocycles. The molecule has 1 unspecified atom stereocenters. The van der Waals surface area contributed by atoms with E-state index in [9.17, 15) is 0 Å². The highest BCUT2D eigenvalue weighted by atomic mass is 32.2. The van der Waals surface area contributed by atoms with Crippen molar-refractivity contribution in [2.75, 3.05) is 0 Å². The summed E-state index contributed by atoms with van der Waals surface area (Å²) in [6.45, 7) is 2.38. The van der Waals surface area contributed by atoms with E-state index < -0.39 is 6.17 Å². The van der Waals surface area contributed by atoms with E-state index in [1.165, 1.54) is 12.8 Å². The Labute approximate surface area is 373 Å². The standard InChI is InChI=1S/C55H38N8S/c1-30-18-20-39(21-19-30)64-63-54-46-28-37-16-8-6-14-35(37)26-44(46)52(61-54)59-50-42-24-33-12-4-2-10-31(33)22-40(42)48(57-50)56-49-41-23-32-11-3-5-13-34(32)25-43(41)51(58-49)60-53-45-27-36-15-7-9-17-38(36)29-47(45)55(63)62-53/h2-17,22-30,39,48H,18-21H2,1H3. The highest BCUT2D eigenvalue weighted by molar-refractivity contribution is 7.98. The second kappa shape index (κ2) is 13.8. The predicted octanol–water partition coefficient (Wildman–Crippen LogP) is 12.2. The van der Waals surface area contributed by atoms with Crippen LogP contribution in [0.5, 0.6) is 0 Å². The molecule has 1 atom stereocenters. The van der Waals surface area contributed by atoms with Gasteiger partial charge in [0.1, 0.15) is 0 Å². The zero-order valence-electron chi connectivity index (χ0n) is 34.9. The van der Waals surface area contributed by atoms with Gasteiger partial charge in [0.25, 0.3) is 0 Å². The predicted molar refractivity (Wildman–Crippen MR) is 265 cm³/mol. The molecule has 8 aromatic rings. The van der Waals surface area contributed by atoms with Crippen LogP contribution in [0.25, 0.3) is 43.1 Å². The molecule has 6 aliphatic rings. The van der Waals surface area contributed by atoms with Crippen LogP contribution in [0.1, 0.15) is 83.3 Å². The number of benzene rings is 8. The van der Waals surface area contributed by atoms with Crippen molar-refractivity contribution in [1.29, 1.82) is 0 Å². The molecule has 8 nitrogen and oxygen atoms in total. The highest BCUT2D eigenvalue weighted by Gasteiger charge is 2.38. The summed E-state index contributed by atoms with van der Waals surface area (Å²) in [6, 6.07) is 51.8. The molecule has 5 aliphatic heterocycles. The molecule has 1 fully saturated rings. The molecule has 0 aromatic heterocycles. The third kappa shape index (κ3) is 5.66. The number of rotatable bonds is 2. The number of aliphatic imine (C=N–C) groups is 7. The minimum absolute atomic E-state index is 0.375. The molecule has 64 heavy (non-hydrogen) atoms. The van der Waals surface area contributed by atoms with Crippen LogP contribution < -0.4 is 0 Å². The van der Waals surface area contributed by atoms with Crippen LogP contribution >= 0.6 is 11.9 Å². The Morgan fingerprint density at radius 2 is 0.734 bits per heavy atom. The van der Waals surface area contributed by atoms with E-state index >= 15 is 0 Å². The lowest BCUT2D eigenvalue weighted by molar-refractivity contribution is 0.392. The smallest absolute Gasteiger partial charge is 0.170 e. The van der Waals surface area contributed by atoms with Gasteiger partial charge in [-0.15, -0.1) is 0 Å². The first-order chi connectivity index (χ1) is 31.5. The van der Waals surface area contributed by atoms with Crippen molar-refractivity contribution < 1.29 is 0 Å². The van der Waals surface area contributed by atoms with Crippen LogP contribution in [-0.2, 0) is 0 Å². The number of nitrogens with zero attached hydrogens (tertiary/aromatic N) is 8. The van der Waals surface area contributed by atoms with Crippen molar-refractivity contribution in [3.8, 4) is 0 Å². The summed E-state index contributed by atoms with van der Waals surface area (Å²) >= 11 is 1.86. The molecule has 1 saturated carbocycles. The average Bonchev–Trinajstić information content (AvgIpc) is 4.06. The number of fused-ring (bicyclic) bond motifs is 20. The summed E-state index contributed by atoms with van der Waals surface area (Å²) in [5, 5.41) is 9.39. The monoisotopic (exact) mass is 842 g/mol. The molecule has 8 bridgehead atoms. The number of hydrogen-bond acceptors (Lipinski definition) is 9. The Balaban J connectivity index is 1.08. The van der Waals surface area contributed by atoms with Crippen LogP contribution in [0.3, 0.4) is 0 Å². The van der Waals surface area contributed by atoms with Gasteiger partial charge in [-0.2, -0.15) is 0 Å². The maximum absolute atomic E-state index is 5.59. The number of amidine groups is 7. The average molecular weight is 843 g/mol. The van der Waals surface area contributed by atoms with Gasteiger partial charge >= 0.3 is 0 Å². The van der Waals surface area contributed by atoms with E-state index in [1.807, 2.05) is 11.9 Å². The third-order valence-corrected chi connectivity index (χ3v) is 15.0. The molecular formula is C55H38N8S. The van der Waals surface area contributed by atoms with Crippen molar-refractivity contribution in [3.63, 3.8) is 0 Å². The molecule has 8 aromatic carbocycles. The largest absolute Gasteiger partial charge is 0.250 e. The lowest BCUT2D eigenvalue weighted by Gasteiger charge is -2.32. The molecule has 1 aliphatic carbocycles. The second-order valence-corrected chi connectivity index (χ2v) is 19.0. The Morgan fingerprint density at radius 3 is 1.20 bits per heavy atom. The van der Waals surface area contributed by atoms with Crippen molar-refractivity contribution in [1.82, 2.24) is 4.31 Å². The summed E-state index contributed by atoms with van der Waals surface area (Å²) in [5.41, 5.74) is 7.76. The molecule has 9 heteroatoms. The van der Waals surface area contributed by atoms with Gasteiger partial charge in [0, 0.05) is 49.8 Å². The molecule has 304 valence electrons.